The molecule has 1 aliphatic heterocycles. The second-order valence-corrected chi connectivity index (χ2v) is 5.93. The number of carbonyl (C=O) groups is 2. The molecular formula is C14H27N3O4. The summed E-state index contributed by atoms with van der Waals surface area (Å²) in [6, 6.07) is 0. The minimum absolute atomic E-state index is 0.0307. The van der Waals surface area contributed by atoms with E-state index >= 15 is 0 Å². The molecule has 0 radical (unpaired) electrons. The third-order valence-corrected chi connectivity index (χ3v) is 3.99. The maximum Gasteiger partial charge on any atom is 0.248 e. The van der Waals surface area contributed by atoms with Crippen LogP contribution in [0.15, 0.2) is 0 Å². The van der Waals surface area contributed by atoms with Crippen LogP contribution < -0.4 is 11.3 Å². The van der Waals surface area contributed by atoms with Crippen LogP contribution in [0.2, 0.25) is 0 Å². The van der Waals surface area contributed by atoms with Crippen molar-refractivity contribution in [1.82, 2.24) is 10.3 Å². The fourth-order valence-electron chi connectivity index (χ4n) is 2.18. The lowest BCUT2D eigenvalue weighted by molar-refractivity contribution is -0.140. The van der Waals surface area contributed by atoms with Crippen LogP contribution in [0.3, 0.4) is 0 Å². The van der Waals surface area contributed by atoms with E-state index in [9.17, 15) is 9.59 Å². The van der Waals surface area contributed by atoms with Gasteiger partial charge in [0.25, 0.3) is 0 Å². The molecule has 122 valence electrons. The third-order valence-electron chi connectivity index (χ3n) is 3.99. The van der Waals surface area contributed by atoms with Crippen molar-refractivity contribution >= 4 is 11.8 Å². The lowest BCUT2D eigenvalue weighted by Gasteiger charge is -2.31. The van der Waals surface area contributed by atoms with E-state index in [0.717, 1.165) is 6.42 Å². The zero-order valence-electron chi connectivity index (χ0n) is 13.2. The predicted octanol–water partition coefficient (Wildman–Crippen LogP) is 0.0466. The summed E-state index contributed by atoms with van der Waals surface area (Å²) in [5, 5.41) is 0. The molecular weight excluding hydrogens is 274 g/mol. The quantitative estimate of drug-likeness (QED) is 0.300. The molecule has 1 rings (SSSR count). The number of ether oxygens (including phenoxy) is 2. The summed E-state index contributed by atoms with van der Waals surface area (Å²) in [6.45, 7) is 5.66. The lowest BCUT2D eigenvalue weighted by atomic mass is 9.96. The maximum atomic E-state index is 12.0. The standard InChI is InChI=1S/C14H27N3O4/c1-14(2,20-3)6-9-21-10-12(18)17-7-4-11(5-8-17)13(19)16-15/h11H,4-10,15H2,1-3H3,(H,16,19). The number of hydrogen-bond acceptors (Lipinski definition) is 5. The fourth-order valence-corrected chi connectivity index (χ4v) is 2.18. The normalized spacial score (nSPS) is 16.9. The summed E-state index contributed by atoms with van der Waals surface area (Å²) in [5.74, 6) is 4.84. The van der Waals surface area contributed by atoms with Crippen molar-refractivity contribution in [3.63, 3.8) is 0 Å². The van der Waals surface area contributed by atoms with Gasteiger partial charge in [0.05, 0.1) is 5.60 Å². The Bertz CT molecular complexity index is 352. The number of rotatable bonds is 7. The molecule has 1 aliphatic rings. The highest BCUT2D eigenvalue weighted by Crippen LogP contribution is 2.17. The zero-order valence-corrected chi connectivity index (χ0v) is 13.2. The van der Waals surface area contributed by atoms with Crippen LogP contribution in [0.25, 0.3) is 0 Å². The van der Waals surface area contributed by atoms with Gasteiger partial charge in [-0.1, -0.05) is 0 Å². The van der Waals surface area contributed by atoms with Crippen LogP contribution in [-0.4, -0.2) is 55.7 Å². The highest BCUT2D eigenvalue weighted by molar-refractivity contribution is 5.80. The van der Waals surface area contributed by atoms with Crippen LogP contribution in [0.5, 0.6) is 0 Å². The number of nitrogens with two attached hydrogens (primary N) is 1. The number of hydrazine groups is 1. The molecule has 0 unspecified atom stereocenters. The van der Waals surface area contributed by atoms with Crippen molar-refractivity contribution in [2.24, 2.45) is 11.8 Å². The lowest BCUT2D eigenvalue weighted by Crippen LogP contribution is -2.45. The van der Waals surface area contributed by atoms with Crippen LogP contribution in [-0.2, 0) is 19.1 Å². The first-order valence-corrected chi connectivity index (χ1v) is 7.30. The van der Waals surface area contributed by atoms with Gasteiger partial charge in [-0.05, 0) is 33.1 Å². The van der Waals surface area contributed by atoms with Gasteiger partial charge in [0.2, 0.25) is 11.8 Å². The first-order chi connectivity index (χ1) is 9.89. The van der Waals surface area contributed by atoms with E-state index in [-0.39, 0.29) is 29.9 Å². The van der Waals surface area contributed by atoms with E-state index < -0.39 is 0 Å². The van der Waals surface area contributed by atoms with Gasteiger partial charge >= 0.3 is 0 Å². The Kier molecular flexibility index (Phi) is 7.07. The molecule has 0 aliphatic carbocycles. The minimum atomic E-state index is -0.239. The molecule has 21 heavy (non-hydrogen) atoms. The summed E-state index contributed by atoms with van der Waals surface area (Å²) >= 11 is 0. The van der Waals surface area contributed by atoms with E-state index in [1.807, 2.05) is 13.8 Å². The molecule has 3 N–H and O–H groups in total. The Morgan fingerprint density at radius 2 is 1.95 bits per heavy atom. The average molecular weight is 301 g/mol. The largest absolute Gasteiger partial charge is 0.379 e. The number of methoxy groups -OCH3 is 1. The first kappa shape index (κ1) is 17.9. The Balaban J connectivity index is 2.21. The van der Waals surface area contributed by atoms with Crippen molar-refractivity contribution in [2.75, 3.05) is 33.4 Å². The molecule has 7 heteroatoms. The van der Waals surface area contributed by atoms with Crippen molar-refractivity contribution in [3.8, 4) is 0 Å². The monoisotopic (exact) mass is 301 g/mol. The number of carbonyl (C=O) groups excluding carboxylic acids is 2. The molecule has 0 spiro atoms. The predicted molar refractivity (Wildman–Crippen MR) is 78.2 cm³/mol. The zero-order chi connectivity index (χ0) is 15.9. The number of nitrogens with one attached hydrogen (secondary N) is 1. The van der Waals surface area contributed by atoms with Gasteiger partial charge in [-0.15, -0.1) is 0 Å². The Morgan fingerprint density at radius 3 is 2.48 bits per heavy atom. The fraction of sp³-hybridized carbons (Fsp3) is 0.857. The highest BCUT2D eigenvalue weighted by Gasteiger charge is 2.26. The second-order valence-electron chi connectivity index (χ2n) is 5.93. The molecule has 0 atom stereocenters. The SMILES string of the molecule is COC(C)(C)CCOCC(=O)N1CCC(C(=O)NN)CC1. The summed E-state index contributed by atoms with van der Waals surface area (Å²) < 4.78 is 10.7. The van der Waals surface area contributed by atoms with Gasteiger partial charge in [-0.2, -0.15) is 0 Å². The molecule has 0 bridgehead atoms. The van der Waals surface area contributed by atoms with Gasteiger partial charge in [0.15, 0.2) is 0 Å². The summed E-state index contributed by atoms with van der Waals surface area (Å²) in [7, 11) is 1.66. The number of piperidine rings is 1. The van der Waals surface area contributed by atoms with Gasteiger partial charge in [0, 0.05) is 32.7 Å². The molecule has 1 heterocycles. The topological polar surface area (TPSA) is 93.9 Å². The molecule has 0 aromatic rings. The Labute approximate surface area is 126 Å². The Hall–Kier alpha value is -1.18. The van der Waals surface area contributed by atoms with Crippen molar-refractivity contribution < 1.29 is 19.1 Å². The number of amides is 2. The molecule has 2 amide bonds. The molecule has 7 nitrogen and oxygen atoms in total. The van der Waals surface area contributed by atoms with E-state index in [4.69, 9.17) is 15.3 Å². The number of likely N-dealkylation sites (tertiary alicyclic amines) is 1. The van der Waals surface area contributed by atoms with Gasteiger partial charge in [0.1, 0.15) is 6.61 Å². The van der Waals surface area contributed by atoms with E-state index in [1.165, 1.54) is 0 Å². The summed E-state index contributed by atoms with van der Waals surface area (Å²) in [6.07, 6.45) is 2.02. The van der Waals surface area contributed by atoms with Crippen molar-refractivity contribution in [2.45, 2.75) is 38.7 Å². The number of hydrogen-bond donors (Lipinski definition) is 2. The average Bonchev–Trinajstić information content (AvgIpc) is 2.50. The molecule has 0 aromatic carbocycles. The van der Waals surface area contributed by atoms with Crippen molar-refractivity contribution in [1.29, 1.82) is 0 Å². The molecule has 0 aromatic heterocycles. The van der Waals surface area contributed by atoms with Crippen LogP contribution >= 0.6 is 0 Å². The van der Waals surface area contributed by atoms with Gasteiger partial charge in [-0.25, -0.2) is 5.84 Å². The van der Waals surface area contributed by atoms with Crippen molar-refractivity contribution in [3.05, 3.63) is 0 Å². The second kappa shape index (κ2) is 8.31. The van der Waals surface area contributed by atoms with E-state index in [1.54, 1.807) is 12.0 Å². The smallest absolute Gasteiger partial charge is 0.248 e. The summed E-state index contributed by atoms with van der Waals surface area (Å²) in [5.41, 5.74) is 1.92. The maximum absolute atomic E-state index is 12.0. The van der Waals surface area contributed by atoms with Crippen LogP contribution in [0.4, 0.5) is 0 Å². The third kappa shape index (κ3) is 5.99. The van der Waals surface area contributed by atoms with Crippen LogP contribution in [0.1, 0.15) is 33.1 Å². The van der Waals surface area contributed by atoms with E-state index in [2.05, 4.69) is 5.43 Å². The van der Waals surface area contributed by atoms with Gasteiger partial charge in [-0.3, -0.25) is 15.0 Å². The van der Waals surface area contributed by atoms with Gasteiger partial charge < -0.3 is 14.4 Å². The molecule has 1 saturated heterocycles. The molecule has 0 saturated carbocycles. The Morgan fingerprint density at radius 1 is 1.33 bits per heavy atom. The molecule has 1 fully saturated rings. The number of nitrogens with zero attached hydrogens (tertiary/aromatic N) is 1. The van der Waals surface area contributed by atoms with Crippen LogP contribution in [0, 0.1) is 5.92 Å². The first-order valence-electron chi connectivity index (χ1n) is 7.30. The van der Waals surface area contributed by atoms with E-state index in [0.29, 0.717) is 32.5 Å². The minimum Gasteiger partial charge on any atom is -0.379 e. The highest BCUT2D eigenvalue weighted by atomic mass is 16.5. The summed E-state index contributed by atoms with van der Waals surface area (Å²) in [4.78, 5) is 25.1.